The van der Waals surface area contributed by atoms with E-state index in [4.69, 9.17) is 4.74 Å². The molecule has 1 amide bonds. The first-order valence-electron chi connectivity index (χ1n) is 7.82. The third-order valence-electron chi connectivity index (χ3n) is 3.84. The highest BCUT2D eigenvalue weighted by atomic mass is 79.9. The first-order chi connectivity index (χ1) is 12.5. The summed E-state index contributed by atoms with van der Waals surface area (Å²) in [4.78, 5) is 17.8. The van der Waals surface area contributed by atoms with E-state index in [1.54, 1.807) is 43.5 Å². The monoisotopic (exact) mass is 434 g/mol. The fourth-order valence-corrected chi connectivity index (χ4v) is 3.84. The number of aromatic nitrogens is 1. The molecule has 0 aliphatic carbocycles. The summed E-state index contributed by atoms with van der Waals surface area (Å²) in [6.45, 7) is 1.85. The number of aryl methyl sites for hydroxylation is 1. The van der Waals surface area contributed by atoms with Crippen LogP contribution in [0, 0.1) is 12.7 Å². The number of nitrogens with one attached hydrogen (secondary N) is 1. The van der Waals surface area contributed by atoms with Crippen molar-refractivity contribution in [3.63, 3.8) is 0 Å². The highest BCUT2D eigenvalue weighted by Crippen LogP contribution is 2.28. The van der Waals surface area contributed by atoms with Gasteiger partial charge in [-0.1, -0.05) is 18.2 Å². The van der Waals surface area contributed by atoms with Gasteiger partial charge in [-0.2, -0.15) is 0 Å². The largest absolute Gasteiger partial charge is 0.497 e. The van der Waals surface area contributed by atoms with Crippen LogP contribution in [0.1, 0.15) is 26.5 Å². The topological polar surface area (TPSA) is 51.2 Å². The number of carbonyl (C=O) groups is 1. The second-order valence-electron chi connectivity index (χ2n) is 5.60. The number of carbonyl (C=O) groups excluding carboxylic acids is 1. The second-order valence-corrected chi connectivity index (χ2v) is 7.53. The van der Waals surface area contributed by atoms with Gasteiger partial charge in [-0.15, -0.1) is 11.3 Å². The zero-order valence-corrected chi connectivity index (χ0v) is 16.6. The predicted molar refractivity (Wildman–Crippen MR) is 105 cm³/mol. The molecule has 0 aliphatic heterocycles. The maximum Gasteiger partial charge on any atom is 0.258 e. The first-order valence-corrected chi connectivity index (χ1v) is 9.43. The molecule has 0 radical (unpaired) electrons. The minimum Gasteiger partial charge on any atom is -0.497 e. The molecule has 4 nitrogen and oxygen atoms in total. The molecule has 7 heteroatoms. The van der Waals surface area contributed by atoms with Gasteiger partial charge in [0.05, 0.1) is 18.4 Å². The summed E-state index contributed by atoms with van der Waals surface area (Å²) in [6, 6.07) is 11.8. The normalized spacial score (nSPS) is 10.6. The Balaban J connectivity index is 1.79. The van der Waals surface area contributed by atoms with Crippen LogP contribution in [-0.2, 0) is 6.42 Å². The molecule has 0 aliphatic rings. The highest BCUT2D eigenvalue weighted by molar-refractivity contribution is 9.10. The number of rotatable bonds is 5. The number of thiazole rings is 1. The maximum atomic E-state index is 13.9. The molecular formula is C19H16BrFN2O2S. The van der Waals surface area contributed by atoms with E-state index >= 15 is 0 Å². The Hall–Kier alpha value is -2.25. The molecule has 0 bridgehead atoms. The van der Waals surface area contributed by atoms with Crippen LogP contribution in [0.25, 0.3) is 0 Å². The molecular weight excluding hydrogens is 419 g/mol. The van der Waals surface area contributed by atoms with Crippen molar-refractivity contribution in [1.82, 2.24) is 4.98 Å². The molecule has 0 atom stereocenters. The molecule has 0 spiro atoms. The Bertz CT molecular complexity index is 958. The zero-order chi connectivity index (χ0) is 18.7. The minimum atomic E-state index is -0.290. The average molecular weight is 435 g/mol. The quantitative estimate of drug-likeness (QED) is 0.599. The molecule has 134 valence electrons. The van der Waals surface area contributed by atoms with Gasteiger partial charge in [0.25, 0.3) is 5.91 Å². The maximum absolute atomic E-state index is 13.9. The molecule has 0 fully saturated rings. The molecule has 1 heterocycles. The van der Waals surface area contributed by atoms with Crippen molar-refractivity contribution in [3.8, 4) is 5.75 Å². The van der Waals surface area contributed by atoms with E-state index < -0.39 is 0 Å². The molecule has 3 aromatic rings. The third kappa shape index (κ3) is 4.11. The Kier molecular flexibility index (Phi) is 5.68. The lowest BCUT2D eigenvalue weighted by atomic mass is 10.1. The summed E-state index contributed by atoms with van der Waals surface area (Å²) < 4.78 is 19.7. The number of anilines is 1. The van der Waals surface area contributed by atoms with E-state index in [2.05, 4.69) is 26.2 Å². The van der Waals surface area contributed by atoms with Gasteiger partial charge in [0.2, 0.25) is 0 Å². The number of amides is 1. The van der Waals surface area contributed by atoms with Crippen molar-refractivity contribution in [2.24, 2.45) is 0 Å². The van der Waals surface area contributed by atoms with Gasteiger partial charge >= 0.3 is 0 Å². The van der Waals surface area contributed by atoms with E-state index in [0.717, 1.165) is 10.6 Å². The Morgan fingerprint density at radius 2 is 2.08 bits per heavy atom. The van der Waals surface area contributed by atoms with Crippen LogP contribution in [-0.4, -0.2) is 18.0 Å². The van der Waals surface area contributed by atoms with Gasteiger partial charge in [-0.05, 0) is 52.7 Å². The number of benzene rings is 2. The third-order valence-corrected chi connectivity index (χ3v) is 5.60. The fraction of sp³-hybridized carbons (Fsp3) is 0.158. The fourth-order valence-electron chi connectivity index (χ4n) is 2.43. The lowest BCUT2D eigenvalue weighted by Gasteiger charge is -2.06. The van der Waals surface area contributed by atoms with Crippen LogP contribution in [0.2, 0.25) is 0 Å². The molecule has 3 rings (SSSR count). The summed E-state index contributed by atoms with van der Waals surface area (Å²) >= 11 is 4.72. The number of methoxy groups -OCH3 is 1. The Labute approximate surface area is 163 Å². The first kappa shape index (κ1) is 18.5. The summed E-state index contributed by atoms with van der Waals surface area (Å²) in [7, 11) is 1.55. The van der Waals surface area contributed by atoms with Gasteiger partial charge in [-0.3, -0.25) is 10.1 Å². The molecule has 1 aromatic heterocycles. The van der Waals surface area contributed by atoms with E-state index in [-0.39, 0.29) is 11.7 Å². The summed E-state index contributed by atoms with van der Waals surface area (Å²) in [6.07, 6.45) is 0.439. The molecule has 0 saturated heterocycles. The Morgan fingerprint density at radius 1 is 1.31 bits per heavy atom. The highest BCUT2D eigenvalue weighted by Gasteiger charge is 2.16. The SMILES string of the molecule is COc1ccc(Br)c(C(=O)Nc2nc(C)c(Cc3ccccc3F)s2)c1. The van der Waals surface area contributed by atoms with Crippen LogP contribution in [0.3, 0.4) is 0 Å². The zero-order valence-electron chi connectivity index (χ0n) is 14.2. The van der Waals surface area contributed by atoms with E-state index in [9.17, 15) is 9.18 Å². The lowest BCUT2D eigenvalue weighted by molar-refractivity contribution is 0.102. The van der Waals surface area contributed by atoms with Gasteiger partial charge < -0.3 is 4.74 Å². The van der Waals surface area contributed by atoms with Crippen molar-refractivity contribution in [1.29, 1.82) is 0 Å². The summed E-state index contributed by atoms with van der Waals surface area (Å²) in [5, 5.41) is 3.28. The molecule has 0 saturated carbocycles. The van der Waals surface area contributed by atoms with Gasteiger partial charge in [-0.25, -0.2) is 9.37 Å². The van der Waals surface area contributed by atoms with Gasteiger partial charge in [0, 0.05) is 15.8 Å². The van der Waals surface area contributed by atoms with Crippen LogP contribution < -0.4 is 10.1 Å². The molecule has 1 N–H and O–H groups in total. The van der Waals surface area contributed by atoms with Crippen molar-refractivity contribution in [3.05, 3.63) is 74.5 Å². The Morgan fingerprint density at radius 3 is 2.81 bits per heavy atom. The van der Waals surface area contributed by atoms with Crippen molar-refractivity contribution >= 4 is 38.3 Å². The average Bonchev–Trinajstić information content (AvgIpc) is 2.96. The smallest absolute Gasteiger partial charge is 0.258 e. The van der Waals surface area contributed by atoms with Crippen LogP contribution in [0.5, 0.6) is 5.75 Å². The van der Waals surface area contributed by atoms with Gasteiger partial charge in [0.15, 0.2) is 5.13 Å². The van der Waals surface area contributed by atoms with Crippen LogP contribution in [0.15, 0.2) is 46.9 Å². The molecule has 0 unspecified atom stereocenters. The molecule has 26 heavy (non-hydrogen) atoms. The standard InChI is InChI=1S/C19H16BrFN2O2S/c1-11-17(9-12-5-3-4-6-16(12)21)26-19(22-11)23-18(24)14-10-13(25-2)7-8-15(14)20/h3-8,10H,9H2,1-2H3,(H,22,23,24). The second kappa shape index (κ2) is 7.97. The minimum absolute atomic E-state index is 0.244. The van der Waals surface area contributed by atoms with E-state index in [1.165, 1.54) is 17.4 Å². The predicted octanol–water partition coefficient (Wildman–Crippen LogP) is 5.20. The number of hydrogen-bond acceptors (Lipinski definition) is 4. The summed E-state index contributed by atoms with van der Waals surface area (Å²) in [5.41, 5.74) is 1.83. The molecule has 2 aromatic carbocycles. The number of ether oxygens (including phenoxy) is 1. The van der Waals surface area contributed by atoms with Gasteiger partial charge in [0.1, 0.15) is 11.6 Å². The number of nitrogens with zero attached hydrogens (tertiary/aromatic N) is 1. The van der Waals surface area contributed by atoms with Crippen molar-refractivity contribution in [2.75, 3.05) is 12.4 Å². The van der Waals surface area contributed by atoms with E-state index in [0.29, 0.717) is 32.9 Å². The summed E-state index contributed by atoms with van der Waals surface area (Å²) in [5.74, 6) is 0.0575. The van der Waals surface area contributed by atoms with Crippen molar-refractivity contribution < 1.29 is 13.9 Å². The van der Waals surface area contributed by atoms with E-state index in [1.807, 2.05) is 6.92 Å². The van der Waals surface area contributed by atoms with Crippen molar-refractivity contribution in [2.45, 2.75) is 13.3 Å². The van der Waals surface area contributed by atoms with Crippen LogP contribution >= 0.6 is 27.3 Å². The number of hydrogen-bond donors (Lipinski definition) is 1. The number of halogens is 2. The van der Waals surface area contributed by atoms with Crippen LogP contribution in [0.4, 0.5) is 9.52 Å². The lowest BCUT2D eigenvalue weighted by Crippen LogP contribution is -2.12.